The molecule has 2 nitrogen and oxygen atoms in total. The van der Waals surface area contributed by atoms with E-state index in [2.05, 4.69) is 5.32 Å². The van der Waals surface area contributed by atoms with Crippen LogP contribution in [0.2, 0.25) is 5.02 Å². The van der Waals surface area contributed by atoms with Gasteiger partial charge in [-0.25, -0.2) is 0 Å². The first-order chi connectivity index (χ1) is 13.3. The highest BCUT2D eigenvalue weighted by molar-refractivity contribution is 8.04. The number of allylic oxidation sites excluding steroid dienone is 1. The van der Waals surface area contributed by atoms with Gasteiger partial charge in [0.2, 0.25) is 0 Å². The van der Waals surface area contributed by atoms with Crippen LogP contribution in [0.5, 0.6) is 0 Å². The molecule has 0 aromatic heterocycles. The highest BCUT2D eigenvalue weighted by atomic mass is 35.5. The van der Waals surface area contributed by atoms with E-state index >= 15 is 0 Å². The van der Waals surface area contributed by atoms with Crippen molar-refractivity contribution in [3.8, 4) is 0 Å². The van der Waals surface area contributed by atoms with Gasteiger partial charge < -0.3 is 5.32 Å². The van der Waals surface area contributed by atoms with E-state index in [1.54, 1.807) is 13.1 Å². The van der Waals surface area contributed by atoms with Crippen LogP contribution in [0, 0.1) is 0 Å². The minimum absolute atomic E-state index is 0.246. The van der Waals surface area contributed by atoms with Gasteiger partial charge in [0.25, 0.3) is 0 Å². The average Bonchev–Trinajstić information content (AvgIpc) is 2.99. The molecule has 0 bridgehead atoms. The summed E-state index contributed by atoms with van der Waals surface area (Å²) in [6.07, 6.45) is -2.75. The molecular weight excluding hydrogens is 407 g/mol. The molecule has 2 aromatic carbocycles. The molecule has 1 heterocycles. The summed E-state index contributed by atoms with van der Waals surface area (Å²) in [6.45, 7) is 2.05. The van der Waals surface area contributed by atoms with Crippen molar-refractivity contribution in [2.45, 2.75) is 31.2 Å². The smallest absolute Gasteiger partial charge is 0.382 e. The predicted molar refractivity (Wildman–Crippen MR) is 108 cm³/mol. The lowest BCUT2D eigenvalue weighted by Gasteiger charge is -2.14. The predicted octanol–water partition coefficient (Wildman–Crippen LogP) is 6.26. The van der Waals surface area contributed by atoms with Crippen LogP contribution in [-0.2, 0) is 17.4 Å². The molecule has 0 fully saturated rings. The van der Waals surface area contributed by atoms with E-state index in [0.29, 0.717) is 15.6 Å². The first kappa shape index (κ1) is 20.8. The zero-order valence-corrected chi connectivity index (χ0v) is 16.9. The lowest BCUT2D eigenvalue weighted by atomic mass is 9.95. The van der Waals surface area contributed by atoms with Crippen LogP contribution in [0.1, 0.15) is 40.8 Å². The van der Waals surface area contributed by atoms with Gasteiger partial charge in [-0.15, -0.1) is 0 Å². The fraction of sp³-hybridized carbons (Fsp3) is 0.286. The molecule has 0 amide bonds. The summed E-state index contributed by atoms with van der Waals surface area (Å²) in [5.41, 5.74) is 1.39. The van der Waals surface area contributed by atoms with Crippen LogP contribution < -0.4 is 5.32 Å². The maximum Gasteiger partial charge on any atom is 0.416 e. The number of alkyl halides is 3. The number of ketones is 1. The maximum absolute atomic E-state index is 13.2. The first-order valence-corrected chi connectivity index (χ1v) is 10.1. The second kappa shape index (κ2) is 8.21. The largest absolute Gasteiger partial charge is 0.416 e. The SMILES string of the molecule is CCCc1cccc(C2SC(NC)=C(c3cccc(C(F)(F)F)c3)C2=O)c1Cl. The number of Topliss-reactive ketones (excluding diaryl/α,β-unsaturated/α-hetero) is 1. The third-order valence-corrected chi connectivity index (χ3v) is 6.37. The number of carbonyl (C=O) groups is 1. The van der Waals surface area contributed by atoms with Crippen LogP contribution >= 0.6 is 23.4 Å². The summed E-state index contributed by atoms with van der Waals surface area (Å²) < 4.78 is 39.3. The normalized spacial score (nSPS) is 17.4. The van der Waals surface area contributed by atoms with Crippen LogP contribution in [0.15, 0.2) is 47.5 Å². The highest BCUT2D eigenvalue weighted by Crippen LogP contribution is 2.49. The molecule has 0 saturated heterocycles. The van der Waals surface area contributed by atoms with Crippen molar-refractivity contribution in [3.05, 3.63) is 74.8 Å². The van der Waals surface area contributed by atoms with Gasteiger partial charge in [-0.1, -0.05) is 67.0 Å². The molecule has 1 aliphatic rings. The molecule has 28 heavy (non-hydrogen) atoms. The topological polar surface area (TPSA) is 29.1 Å². The highest BCUT2D eigenvalue weighted by Gasteiger charge is 2.38. The Morgan fingerprint density at radius 2 is 1.89 bits per heavy atom. The van der Waals surface area contributed by atoms with Crippen molar-refractivity contribution in [3.63, 3.8) is 0 Å². The van der Waals surface area contributed by atoms with E-state index in [4.69, 9.17) is 11.6 Å². The Bertz CT molecular complexity index is 939. The Balaban J connectivity index is 2.02. The number of hydrogen-bond acceptors (Lipinski definition) is 3. The molecule has 0 radical (unpaired) electrons. The van der Waals surface area contributed by atoms with Crippen molar-refractivity contribution in [1.82, 2.24) is 5.32 Å². The number of nitrogens with one attached hydrogen (secondary N) is 1. The molecule has 3 rings (SSSR count). The monoisotopic (exact) mass is 425 g/mol. The molecule has 0 aliphatic carbocycles. The van der Waals surface area contributed by atoms with Gasteiger partial charge in [0.05, 0.1) is 16.2 Å². The van der Waals surface area contributed by atoms with E-state index in [0.717, 1.165) is 30.5 Å². The molecular formula is C21H19ClF3NOS. The Labute approximate surface area is 171 Å². The van der Waals surface area contributed by atoms with Gasteiger partial charge in [0, 0.05) is 12.1 Å². The number of hydrogen-bond donors (Lipinski definition) is 1. The molecule has 148 valence electrons. The van der Waals surface area contributed by atoms with E-state index in [-0.39, 0.29) is 16.9 Å². The van der Waals surface area contributed by atoms with Crippen molar-refractivity contribution in [2.75, 3.05) is 7.05 Å². The van der Waals surface area contributed by atoms with E-state index in [9.17, 15) is 18.0 Å². The molecule has 1 atom stereocenters. The summed E-state index contributed by atoms with van der Waals surface area (Å²) in [5.74, 6) is -0.246. The number of halogens is 4. The summed E-state index contributed by atoms with van der Waals surface area (Å²) in [5, 5.41) is 3.47. The Kier molecular flexibility index (Phi) is 6.10. The number of aryl methyl sites for hydroxylation is 1. The van der Waals surface area contributed by atoms with Gasteiger partial charge in [-0.2, -0.15) is 13.2 Å². The summed E-state index contributed by atoms with van der Waals surface area (Å²) in [4.78, 5) is 13.2. The van der Waals surface area contributed by atoms with Crippen LogP contribution in [0.25, 0.3) is 5.57 Å². The fourth-order valence-electron chi connectivity index (χ4n) is 3.25. The molecule has 0 saturated carbocycles. The Morgan fingerprint density at radius 1 is 1.18 bits per heavy atom. The lowest BCUT2D eigenvalue weighted by Crippen LogP contribution is -2.10. The minimum atomic E-state index is -4.47. The van der Waals surface area contributed by atoms with Crippen molar-refractivity contribution < 1.29 is 18.0 Å². The zero-order chi connectivity index (χ0) is 20.5. The van der Waals surface area contributed by atoms with Gasteiger partial charge in [-0.05, 0) is 35.2 Å². The number of carbonyl (C=O) groups excluding carboxylic acids is 1. The van der Waals surface area contributed by atoms with Crippen LogP contribution in [-0.4, -0.2) is 12.8 Å². The van der Waals surface area contributed by atoms with E-state index in [1.807, 2.05) is 19.1 Å². The molecule has 1 unspecified atom stereocenters. The standard InChI is InChI=1S/C21H19ClF3NOS/c1-3-6-12-7-5-10-15(17(12)22)19-18(27)16(20(26-2)28-19)13-8-4-9-14(11-13)21(23,24)25/h4-5,7-11,19,26H,3,6H2,1-2H3. The summed E-state index contributed by atoms with van der Waals surface area (Å²) in [7, 11) is 1.65. The number of rotatable bonds is 5. The molecule has 7 heteroatoms. The second-order valence-corrected chi connectivity index (χ2v) is 7.96. The van der Waals surface area contributed by atoms with E-state index < -0.39 is 17.0 Å². The Hall–Kier alpha value is -1.92. The lowest BCUT2D eigenvalue weighted by molar-refractivity contribution is -0.137. The summed E-state index contributed by atoms with van der Waals surface area (Å²) in [6, 6.07) is 10.5. The van der Waals surface area contributed by atoms with Crippen LogP contribution in [0.3, 0.4) is 0 Å². The maximum atomic E-state index is 13.2. The molecule has 0 spiro atoms. The minimum Gasteiger partial charge on any atom is -0.382 e. The van der Waals surface area contributed by atoms with Crippen LogP contribution in [0.4, 0.5) is 13.2 Å². The molecule has 2 aromatic rings. The third-order valence-electron chi connectivity index (χ3n) is 4.56. The Morgan fingerprint density at radius 3 is 2.54 bits per heavy atom. The molecule has 1 aliphatic heterocycles. The van der Waals surface area contributed by atoms with Gasteiger partial charge in [0.15, 0.2) is 5.78 Å². The average molecular weight is 426 g/mol. The van der Waals surface area contributed by atoms with E-state index in [1.165, 1.54) is 23.9 Å². The van der Waals surface area contributed by atoms with Crippen molar-refractivity contribution in [2.24, 2.45) is 0 Å². The number of thioether (sulfide) groups is 1. The number of benzene rings is 2. The van der Waals surface area contributed by atoms with Crippen molar-refractivity contribution >= 4 is 34.7 Å². The third kappa shape index (κ3) is 3.94. The summed E-state index contributed by atoms with van der Waals surface area (Å²) >= 11 is 7.83. The van der Waals surface area contributed by atoms with Crippen molar-refractivity contribution in [1.29, 1.82) is 0 Å². The first-order valence-electron chi connectivity index (χ1n) is 8.85. The quantitative estimate of drug-likeness (QED) is 0.613. The van der Waals surface area contributed by atoms with Gasteiger partial charge >= 0.3 is 6.18 Å². The zero-order valence-electron chi connectivity index (χ0n) is 15.4. The second-order valence-electron chi connectivity index (χ2n) is 6.47. The fourth-order valence-corrected chi connectivity index (χ4v) is 4.88. The van der Waals surface area contributed by atoms with Gasteiger partial charge in [0.1, 0.15) is 5.25 Å². The molecule has 1 N–H and O–H groups in total. The van der Waals surface area contributed by atoms with Gasteiger partial charge in [-0.3, -0.25) is 4.79 Å².